The molecule has 1 amide bonds. The highest BCUT2D eigenvalue weighted by Crippen LogP contribution is 2.14. The van der Waals surface area contributed by atoms with Crippen LogP contribution in [0.1, 0.15) is 18.9 Å². The number of hydrogen-bond donors (Lipinski definition) is 1. The number of anilines is 1. The molecule has 0 spiro atoms. The Morgan fingerprint density at radius 3 is 2.36 bits per heavy atom. The number of benzene rings is 2. The molecule has 0 aromatic heterocycles. The molecule has 0 saturated carbocycles. The summed E-state index contributed by atoms with van der Waals surface area (Å²) in [6.45, 7) is 1.37. The minimum Gasteiger partial charge on any atom is -0.453 e. The number of ether oxygens (including phenoxy) is 1. The van der Waals surface area contributed by atoms with Gasteiger partial charge in [0.15, 0.2) is 17.7 Å². The maximum absolute atomic E-state index is 13.1. The fraction of sp³-hybridized carbons (Fsp3) is 0.222. The zero-order chi connectivity index (χ0) is 18.4. The van der Waals surface area contributed by atoms with E-state index >= 15 is 0 Å². The van der Waals surface area contributed by atoms with Gasteiger partial charge in [-0.25, -0.2) is 13.2 Å². The van der Waals surface area contributed by atoms with Gasteiger partial charge in [-0.1, -0.05) is 12.1 Å². The topological polar surface area (TPSA) is 55.4 Å². The average Bonchev–Trinajstić information content (AvgIpc) is 2.57. The van der Waals surface area contributed by atoms with Crippen LogP contribution in [0.5, 0.6) is 0 Å². The largest absolute Gasteiger partial charge is 0.453 e. The summed E-state index contributed by atoms with van der Waals surface area (Å²) in [6, 6.07) is 8.60. The predicted octanol–water partition coefficient (Wildman–Crippen LogP) is 3.61. The third-order valence-corrected chi connectivity index (χ3v) is 3.40. The summed E-state index contributed by atoms with van der Waals surface area (Å²) in [4.78, 5) is 23.7. The third-order valence-electron chi connectivity index (χ3n) is 3.40. The Balaban J connectivity index is 1.82. The molecule has 1 N–H and O–H groups in total. The molecule has 0 bridgehead atoms. The highest BCUT2D eigenvalue weighted by Gasteiger charge is 2.18. The van der Waals surface area contributed by atoms with Crippen molar-refractivity contribution < 1.29 is 27.5 Å². The Morgan fingerprint density at radius 1 is 1.04 bits per heavy atom. The van der Waals surface area contributed by atoms with Crippen LogP contribution >= 0.6 is 0 Å². The van der Waals surface area contributed by atoms with Crippen LogP contribution in [0.25, 0.3) is 0 Å². The van der Waals surface area contributed by atoms with E-state index in [-0.39, 0.29) is 17.9 Å². The number of halogens is 3. The lowest BCUT2D eigenvalue weighted by Crippen LogP contribution is -2.30. The van der Waals surface area contributed by atoms with E-state index in [4.69, 9.17) is 4.74 Å². The van der Waals surface area contributed by atoms with Gasteiger partial charge in [0.25, 0.3) is 5.91 Å². The van der Waals surface area contributed by atoms with Crippen LogP contribution in [0.2, 0.25) is 0 Å². The Bertz CT molecular complexity index is 763. The van der Waals surface area contributed by atoms with Gasteiger partial charge in [0.1, 0.15) is 5.82 Å². The summed E-state index contributed by atoms with van der Waals surface area (Å²) in [5, 5.41) is 2.33. The molecule has 2 aromatic carbocycles. The van der Waals surface area contributed by atoms with Crippen LogP contribution in [-0.2, 0) is 20.7 Å². The second-order valence-corrected chi connectivity index (χ2v) is 5.38. The number of hydrogen-bond acceptors (Lipinski definition) is 3. The monoisotopic (exact) mass is 351 g/mol. The second kappa shape index (κ2) is 8.32. The second-order valence-electron chi connectivity index (χ2n) is 5.38. The van der Waals surface area contributed by atoms with Crippen LogP contribution < -0.4 is 5.32 Å². The fourth-order valence-corrected chi connectivity index (χ4v) is 2.02. The van der Waals surface area contributed by atoms with Crippen molar-refractivity contribution in [3.05, 3.63) is 65.5 Å². The highest BCUT2D eigenvalue weighted by molar-refractivity contribution is 5.95. The van der Waals surface area contributed by atoms with E-state index in [9.17, 15) is 22.8 Å². The van der Waals surface area contributed by atoms with E-state index in [0.717, 1.165) is 17.7 Å². The first-order valence-electron chi connectivity index (χ1n) is 7.55. The molecule has 0 aliphatic carbocycles. The standard InChI is InChI=1S/C18H16F3NO3/c1-11(18(24)22-14-7-8-15(20)16(21)10-14)25-17(23)9-4-12-2-5-13(19)6-3-12/h2-3,5-8,10-11H,4,9H2,1H3,(H,22,24)/t11-/m0/s1. The van der Waals surface area contributed by atoms with Crippen molar-refractivity contribution in [1.29, 1.82) is 0 Å². The SMILES string of the molecule is C[C@H](OC(=O)CCc1ccc(F)cc1)C(=O)Nc1ccc(F)c(F)c1. The normalized spacial score (nSPS) is 11.7. The van der Waals surface area contributed by atoms with Crippen LogP contribution in [0.3, 0.4) is 0 Å². The quantitative estimate of drug-likeness (QED) is 0.809. The smallest absolute Gasteiger partial charge is 0.306 e. The Labute approximate surface area is 142 Å². The molecule has 0 heterocycles. The van der Waals surface area contributed by atoms with Gasteiger partial charge in [0.05, 0.1) is 0 Å². The molecular formula is C18H16F3NO3. The number of amides is 1. The summed E-state index contributed by atoms with van der Waals surface area (Å²) in [6.07, 6.45) is -0.737. The van der Waals surface area contributed by atoms with Gasteiger partial charge >= 0.3 is 5.97 Å². The van der Waals surface area contributed by atoms with Crippen molar-refractivity contribution in [3.63, 3.8) is 0 Å². The zero-order valence-corrected chi connectivity index (χ0v) is 13.4. The first kappa shape index (κ1) is 18.5. The van der Waals surface area contributed by atoms with E-state index in [0.29, 0.717) is 6.42 Å². The van der Waals surface area contributed by atoms with Gasteiger partial charge in [0, 0.05) is 18.2 Å². The van der Waals surface area contributed by atoms with Crippen molar-refractivity contribution in [3.8, 4) is 0 Å². The van der Waals surface area contributed by atoms with Crippen LogP contribution in [0, 0.1) is 17.5 Å². The van der Waals surface area contributed by atoms with Gasteiger partial charge in [-0.3, -0.25) is 9.59 Å². The summed E-state index contributed by atoms with van der Waals surface area (Å²) >= 11 is 0. The van der Waals surface area contributed by atoms with Gasteiger partial charge in [0.2, 0.25) is 0 Å². The lowest BCUT2D eigenvalue weighted by molar-refractivity contribution is -0.153. The van der Waals surface area contributed by atoms with Crippen molar-refractivity contribution in [1.82, 2.24) is 0 Å². The molecule has 0 saturated heterocycles. The Hall–Kier alpha value is -2.83. The summed E-state index contributed by atoms with van der Waals surface area (Å²) in [7, 11) is 0. The molecular weight excluding hydrogens is 335 g/mol. The van der Waals surface area contributed by atoms with Crippen molar-refractivity contribution in [2.75, 3.05) is 5.32 Å². The van der Waals surface area contributed by atoms with Crippen molar-refractivity contribution in [2.45, 2.75) is 25.9 Å². The van der Waals surface area contributed by atoms with Gasteiger partial charge in [-0.15, -0.1) is 0 Å². The number of carbonyl (C=O) groups is 2. The zero-order valence-electron chi connectivity index (χ0n) is 13.4. The lowest BCUT2D eigenvalue weighted by Gasteiger charge is -2.13. The Morgan fingerprint density at radius 2 is 1.72 bits per heavy atom. The van der Waals surface area contributed by atoms with E-state index in [1.54, 1.807) is 12.1 Å². The van der Waals surface area contributed by atoms with E-state index in [1.165, 1.54) is 25.1 Å². The van der Waals surface area contributed by atoms with Crippen LogP contribution in [-0.4, -0.2) is 18.0 Å². The molecule has 0 radical (unpaired) electrons. The summed E-state index contributed by atoms with van der Waals surface area (Å²) < 4.78 is 43.7. The molecule has 1 atom stereocenters. The minimum absolute atomic E-state index is 0.0223. The molecule has 0 fully saturated rings. The first-order valence-corrected chi connectivity index (χ1v) is 7.55. The molecule has 2 rings (SSSR count). The van der Waals surface area contributed by atoms with E-state index in [2.05, 4.69) is 5.32 Å². The van der Waals surface area contributed by atoms with Gasteiger partial charge in [-0.2, -0.15) is 0 Å². The molecule has 0 unspecified atom stereocenters. The average molecular weight is 351 g/mol. The molecule has 0 aliphatic rings. The molecule has 132 valence electrons. The maximum atomic E-state index is 13.1. The maximum Gasteiger partial charge on any atom is 0.306 e. The van der Waals surface area contributed by atoms with E-state index < -0.39 is 29.6 Å². The molecule has 0 aliphatic heterocycles. The first-order chi connectivity index (χ1) is 11.8. The molecule has 7 heteroatoms. The van der Waals surface area contributed by atoms with Crippen LogP contribution in [0.4, 0.5) is 18.9 Å². The Kier molecular flexibility index (Phi) is 6.16. The molecule has 25 heavy (non-hydrogen) atoms. The molecule has 4 nitrogen and oxygen atoms in total. The fourth-order valence-electron chi connectivity index (χ4n) is 2.02. The lowest BCUT2D eigenvalue weighted by atomic mass is 10.1. The van der Waals surface area contributed by atoms with Crippen LogP contribution in [0.15, 0.2) is 42.5 Å². The highest BCUT2D eigenvalue weighted by atomic mass is 19.2. The van der Waals surface area contributed by atoms with Crippen molar-refractivity contribution >= 4 is 17.6 Å². The van der Waals surface area contributed by atoms with Crippen molar-refractivity contribution in [2.24, 2.45) is 0 Å². The number of esters is 1. The summed E-state index contributed by atoms with van der Waals surface area (Å²) in [5.41, 5.74) is 0.815. The predicted molar refractivity (Wildman–Crippen MR) is 85.3 cm³/mol. The van der Waals surface area contributed by atoms with Gasteiger partial charge < -0.3 is 10.1 Å². The minimum atomic E-state index is -1.10. The number of aryl methyl sites for hydroxylation is 1. The van der Waals surface area contributed by atoms with E-state index in [1.807, 2.05) is 0 Å². The number of carbonyl (C=O) groups excluding carboxylic acids is 2. The number of rotatable bonds is 6. The number of nitrogens with one attached hydrogen (secondary N) is 1. The summed E-state index contributed by atoms with van der Waals surface area (Å²) in [5.74, 6) is -3.76. The van der Waals surface area contributed by atoms with Gasteiger partial charge in [-0.05, 0) is 43.2 Å². The molecule has 2 aromatic rings. The third kappa shape index (κ3) is 5.63.